The average molecular weight is 360 g/mol. The number of aromatic nitrogens is 2. The summed E-state index contributed by atoms with van der Waals surface area (Å²) in [5, 5.41) is 3.27. The van der Waals surface area contributed by atoms with Crippen molar-refractivity contribution in [3.63, 3.8) is 0 Å². The normalized spacial score (nSPS) is 15.6. The second-order valence-corrected chi connectivity index (χ2v) is 7.70. The Balaban J connectivity index is 1.90. The van der Waals surface area contributed by atoms with Crippen molar-refractivity contribution >= 4 is 26.7 Å². The van der Waals surface area contributed by atoms with Crippen LogP contribution in [0.5, 0.6) is 0 Å². The van der Waals surface area contributed by atoms with Crippen LogP contribution in [0.3, 0.4) is 0 Å². The summed E-state index contributed by atoms with van der Waals surface area (Å²) in [4.78, 5) is 6.41. The third-order valence-corrected chi connectivity index (χ3v) is 5.99. The first-order valence-electron chi connectivity index (χ1n) is 8.00. The van der Waals surface area contributed by atoms with Crippen LogP contribution in [0.2, 0.25) is 0 Å². The lowest BCUT2D eigenvalue weighted by atomic mass is 10.3. The quantitative estimate of drug-likeness (QED) is 0.772. The molecule has 130 valence electrons. The molecular weight excluding hydrogens is 343 g/mol. The standard InChI is InChI=1S/C17H17FN4O2S/c18-13-3-1-4-14(11-13)25(23,24)22-12-16(21-9-7-19-8-10-21)17-15(22)5-2-6-20-17/h1-6,11-12,19H,7-10H2. The maximum atomic E-state index is 13.5. The highest BCUT2D eigenvalue weighted by Crippen LogP contribution is 2.30. The summed E-state index contributed by atoms with van der Waals surface area (Å²) in [6, 6.07) is 8.45. The summed E-state index contributed by atoms with van der Waals surface area (Å²) < 4.78 is 40.8. The highest BCUT2D eigenvalue weighted by atomic mass is 32.2. The van der Waals surface area contributed by atoms with E-state index < -0.39 is 15.8 Å². The molecule has 8 heteroatoms. The van der Waals surface area contributed by atoms with Crippen LogP contribution in [0.25, 0.3) is 11.0 Å². The van der Waals surface area contributed by atoms with Crippen LogP contribution >= 0.6 is 0 Å². The lowest BCUT2D eigenvalue weighted by molar-refractivity contribution is 0.583. The van der Waals surface area contributed by atoms with Crippen molar-refractivity contribution in [3.8, 4) is 0 Å². The van der Waals surface area contributed by atoms with Crippen molar-refractivity contribution < 1.29 is 12.8 Å². The first-order valence-corrected chi connectivity index (χ1v) is 9.44. The first kappa shape index (κ1) is 16.0. The van der Waals surface area contributed by atoms with Crippen molar-refractivity contribution in [2.45, 2.75) is 4.90 Å². The van der Waals surface area contributed by atoms with Gasteiger partial charge in [0.2, 0.25) is 0 Å². The molecule has 25 heavy (non-hydrogen) atoms. The molecule has 0 aliphatic carbocycles. The predicted molar refractivity (Wildman–Crippen MR) is 93.8 cm³/mol. The van der Waals surface area contributed by atoms with Gasteiger partial charge >= 0.3 is 0 Å². The zero-order valence-electron chi connectivity index (χ0n) is 13.4. The van der Waals surface area contributed by atoms with Gasteiger partial charge in [-0.3, -0.25) is 4.98 Å². The second-order valence-electron chi connectivity index (χ2n) is 5.88. The van der Waals surface area contributed by atoms with Gasteiger partial charge in [0.05, 0.1) is 16.1 Å². The maximum Gasteiger partial charge on any atom is 0.268 e. The predicted octanol–water partition coefficient (Wildman–Crippen LogP) is 1.82. The number of pyridine rings is 1. The number of halogens is 1. The van der Waals surface area contributed by atoms with Gasteiger partial charge in [-0.2, -0.15) is 0 Å². The molecule has 1 aliphatic rings. The zero-order chi connectivity index (χ0) is 17.4. The van der Waals surface area contributed by atoms with Gasteiger partial charge in [0.25, 0.3) is 10.0 Å². The minimum Gasteiger partial charge on any atom is -0.366 e. The largest absolute Gasteiger partial charge is 0.366 e. The number of fused-ring (bicyclic) bond motifs is 1. The van der Waals surface area contributed by atoms with Crippen LogP contribution in [-0.2, 0) is 10.0 Å². The highest BCUT2D eigenvalue weighted by Gasteiger charge is 2.24. The van der Waals surface area contributed by atoms with Gasteiger partial charge in [-0.05, 0) is 30.3 Å². The van der Waals surface area contributed by atoms with Gasteiger partial charge in [-0.15, -0.1) is 0 Å². The third-order valence-electron chi connectivity index (χ3n) is 4.32. The number of rotatable bonds is 3. The Morgan fingerprint density at radius 3 is 2.68 bits per heavy atom. The van der Waals surface area contributed by atoms with Crippen LogP contribution in [0.4, 0.5) is 10.1 Å². The lowest BCUT2D eigenvalue weighted by Crippen LogP contribution is -2.43. The van der Waals surface area contributed by atoms with Crippen LogP contribution < -0.4 is 10.2 Å². The highest BCUT2D eigenvalue weighted by molar-refractivity contribution is 7.90. The van der Waals surface area contributed by atoms with E-state index >= 15 is 0 Å². The molecule has 1 fully saturated rings. The molecule has 1 aromatic carbocycles. The number of nitrogens with one attached hydrogen (secondary N) is 1. The Hall–Kier alpha value is -2.45. The molecule has 3 aromatic rings. The van der Waals surface area contributed by atoms with Crippen LogP contribution in [0, 0.1) is 5.82 Å². The van der Waals surface area contributed by atoms with Gasteiger partial charge in [-0.1, -0.05) is 6.07 Å². The van der Waals surface area contributed by atoms with E-state index in [0.717, 1.165) is 37.9 Å². The molecule has 0 spiro atoms. The lowest BCUT2D eigenvalue weighted by Gasteiger charge is -2.28. The van der Waals surface area contributed by atoms with E-state index in [0.29, 0.717) is 11.0 Å². The van der Waals surface area contributed by atoms with Crippen molar-refractivity contribution in [1.82, 2.24) is 14.3 Å². The summed E-state index contributed by atoms with van der Waals surface area (Å²) in [6.45, 7) is 3.21. The number of piperazine rings is 1. The molecule has 3 heterocycles. The fourth-order valence-electron chi connectivity index (χ4n) is 3.09. The molecule has 2 aromatic heterocycles. The summed E-state index contributed by atoms with van der Waals surface area (Å²) in [5.41, 5.74) is 1.89. The number of nitrogens with zero attached hydrogens (tertiary/aromatic N) is 3. The Morgan fingerprint density at radius 2 is 1.92 bits per heavy atom. The molecule has 0 saturated carbocycles. The van der Waals surface area contributed by atoms with E-state index in [9.17, 15) is 12.8 Å². The molecule has 0 amide bonds. The molecule has 1 N–H and O–H groups in total. The number of hydrogen-bond acceptors (Lipinski definition) is 5. The average Bonchev–Trinajstić information content (AvgIpc) is 3.03. The van der Waals surface area contributed by atoms with E-state index in [-0.39, 0.29) is 4.90 Å². The zero-order valence-corrected chi connectivity index (χ0v) is 14.2. The van der Waals surface area contributed by atoms with Crippen molar-refractivity contribution in [2.24, 2.45) is 0 Å². The molecular formula is C17H17FN4O2S. The minimum atomic E-state index is -3.91. The molecule has 0 radical (unpaired) electrons. The molecule has 0 bridgehead atoms. The van der Waals surface area contributed by atoms with Gasteiger partial charge in [0.15, 0.2) is 0 Å². The summed E-state index contributed by atoms with van der Waals surface area (Å²) >= 11 is 0. The van der Waals surface area contributed by atoms with Gasteiger partial charge in [-0.25, -0.2) is 16.8 Å². The van der Waals surface area contributed by atoms with Gasteiger partial charge < -0.3 is 10.2 Å². The maximum absolute atomic E-state index is 13.5. The number of benzene rings is 1. The van der Waals surface area contributed by atoms with Crippen LogP contribution in [-0.4, -0.2) is 43.6 Å². The summed E-state index contributed by atoms with van der Waals surface area (Å²) in [6.07, 6.45) is 3.23. The Kier molecular flexibility index (Phi) is 3.93. The van der Waals surface area contributed by atoms with E-state index in [1.807, 2.05) is 0 Å². The second kappa shape index (κ2) is 6.12. The van der Waals surface area contributed by atoms with Crippen molar-refractivity contribution in [3.05, 3.63) is 54.6 Å². The van der Waals surface area contributed by atoms with E-state index in [1.165, 1.54) is 22.2 Å². The molecule has 4 rings (SSSR count). The molecule has 0 unspecified atom stereocenters. The Bertz CT molecular complexity index is 1030. The van der Waals surface area contributed by atoms with E-state index in [1.54, 1.807) is 24.5 Å². The van der Waals surface area contributed by atoms with Gasteiger partial charge in [0.1, 0.15) is 11.3 Å². The molecule has 1 saturated heterocycles. The van der Waals surface area contributed by atoms with E-state index in [4.69, 9.17) is 0 Å². The Morgan fingerprint density at radius 1 is 1.12 bits per heavy atom. The molecule has 1 aliphatic heterocycles. The first-order chi connectivity index (χ1) is 12.1. The molecule has 6 nitrogen and oxygen atoms in total. The number of hydrogen-bond donors (Lipinski definition) is 1. The van der Waals surface area contributed by atoms with Gasteiger partial charge in [0, 0.05) is 38.6 Å². The monoisotopic (exact) mass is 360 g/mol. The SMILES string of the molecule is O=S(=O)(c1cccc(F)c1)n1cc(N2CCNCC2)c2ncccc21. The summed E-state index contributed by atoms with van der Waals surface area (Å²) in [7, 11) is -3.91. The topological polar surface area (TPSA) is 67.2 Å². The number of anilines is 1. The van der Waals surface area contributed by atoms with Crippen LogP contribution in [0.1, 0.15) is 0 Å². The Labute approximate surface area is 144 Å². The molecule has 0 atom stereocenters. The van der Waals surface area contributed by atoms with Crippen LogP contribution in [0.15, 0.2) is 53.7 Å². The van der Waals surface area contributed by atoms with Crippen molar-refractivity contribution in [2.75, 3.05) is 31.1 Å². The fraction of sp³-hybridized carbons (Fsp3) is 0.235. The fourth-order valence-corrected chi connectivity index (χ4v) is 4.47. The smallest absolute Gasteiger partial charge is 0.268 e. The third kappa shape index (κ3) is 2.77. The van der Waals surface area contributed by atoms with Crippen molar-refractivity contribution in [1.29, 1.82) is 0 Å². The minimum absolute atomic E-state index is 0.0832. The van der Waals surface area contributed by atoms with E-state index in [2.05, 4.69) is 15.2 Å². The summed E-state index contributed by atoms with van der Waals surface area (Å²) in [5.74, 6) is -0.585.